The normalized spacial score (nSPS) is 12.3. The molecule has 0 saturated heterocycles. The largest absolute Gasteiger partial charge is 0.481 e. The van der Waals surface area contributed by atoms with Gasteiger partial charge in [0.05, 0.1) is 12.3 Å². The van der Waals surface area contributed by atoms with Crippen molar-refractivity contribution in [3.05, 3.63) is 41.5 Å². The lowest BCUT2D eigenvalue weighted by Gasteiger charge is -2.11. The second kappa shape index (κ2) is 11.5. The summed E-state index contributed by atoms with van der Waals surface area (Å²) in [4.78, 5) is 23.4. The zero-order valence-electron chi connectivity index (χ0n) is 15.6. The average Bonchev–Trinajstić information content (AvgIpc) is 2.55. The molecule has 0 bridgehead atoms. The van der Waals surface area contributed by atoms with Crippen LogP contribution in [0.1, 0.15) is 63.0 Å². The Bertz CT molecular complexity index is 590. The van der Waals surface area contributed by atoms with Crippen LogP contribution in [0.15, 0.2) is 30.4 Å². The number of carboxylic acids is 1. The van der Waals surface area contributed by atoms with Crippen LogP contribution in [-0.4, -0.2) is 17.0 Å². The molecular formula is C21H30O4. The lowest BCUT2D eigenvalue weighted by atomic mass is 10.0. The Balaban J connectivity index is 2.47. The number of rotatable bonds is 11. The van der Waals surface area contributed by atoms with Crippen molar-refractivity contribution in [2.24, 2.45) is 5.92 Å². The number of esters is 1. The average molecular weight is 346 g/mol. The number of ether oxygens (including phenoxy) is 1. The number of carbonyl (C=O) groups excluding carboxylic acids is 1. The molecule has 0 aromatic heterocycles. The molecule has 1 aromatic carbocycles. The van der Waals surface area contributed by atoms with Crippen LogP contribution in [0.25, 0.3) is 0 Å². The number of allylic oxidation sites excluding steroid dienone is 2. The molecular weight excluding hydrogens is 316 g/mol. The van der Waals surface area contributed by atoms with E-state index in [0.29, 0.717) is 12.2 Å². The van der Waals surface area contributed by atoms with Gasteiger partial charge in [0.25, 0.3) is 0 Å². The summed E-state index contributed by atoms with van der Waals surface area (Å²) >= 11 is 0. The third kappa shape index (κ3) is 8.52. The summed E-state index contributed by atoms with van der Waals surface area (Å²) in [5.41, 5.74) is 1.96. The summed E-state index contributed by atoms with van der Waals surface area (Å²) in [5.74, 6) is -1.72. The molecule has 0 amide bonds. The van der Waals surface area contributed by atoms with E-state index in [-0.39, 0.29) is 6.42 Å². The van der Waals surface area contributed by atoms with E-state index in [1.54, 1.807) is 6.07 Å². The third-order valence-electron chi connectivity index (χ3n) is 4.13. The van der Waals surface area contributed by atoms with Gasteiger partial charge in [-0.15, -0.1) is 0 Å². The van der Waals surface area contributed by atoms with E-state index in [4.69, 9.17) is 4.74 Å². The molecule has 138 valence electrons. The van der Waals surface area contributed by atoms with E-state index in [1.165, 1.54) is 19.3 Å². The molecule has 4 nitrogen and oxygen atoms in total. The van der Waals surface area contributed by atoms with Gasteiger partial charge in [0.15, 0.2) is 0 Å². The number of hydrogen-bond donors (Lipinski definition) is 1. The zero-order chi connectivity index (χ0) is 18.7. The lowest BCUT2D eigenvalue weighted by molar-refractivity contribution is -0.147. The molecule has 1 aromatic rings. The van der Waals surface area contributed by atoms with Gasteiger partial charge in [0, 0.05) is 0 Å². The van der Waals surface area contributed by atoms with Gasteiger partial charge in [-0.3, -0.25) is 9.59 Å². The van der Waals surface area contributed by atoms with Crippen LogP contribution in [0.3, 0.4) is 0 Å². The van der Waals surface area contributed by atoms with Crippen molar-refractivity contribution in [1.82, 2.24) is 0 Å². The van der Waals surface area contributed by atoms with E-state index in [9.17, 15) is 14.7 Å². The Morgan fingerprint density at radius 1 is 1.16 bits per heavy atom. The Kier molecular flexibility index (Phi) is 9.60. The molecule has 0 aliphatic rings. The van der Waals surface area contributed by atoms with Gasteiger partial charge >= 0.3 is 11.9 Å². The summed E-state index contributed by atoms with van der Waals surface area (Å²) in [6.07, 6.45) is 9.83. The highest BCUT2D eigenvalue weighted by atomic mass is 16.5. The summed E-state index contributed by atoms with van der Waals surface area (Å²) < 4.78 is 5.33. The smallest absolute Gasteiger partial charge is 0.312 e. The SMILES string of the molecule is CCCCCCC=CCC(CC(=O)Oc1ccc(C)cc1C)C(=O)O. The van der Waals surface area contributed by atoms with Crippen LogP contribution in [0, 0.1) is 19.8 Å². The number of aryl methyl sites for hydroxylation is 2. The van der Waals surface area contributed by atoms with Crippen LogP contribution in [-0.2, 0) is 9.59 Å². The van der Waals surface area contributed by atoms with Gasteiger partial charge in [-0.25, -0.2) is 0 Å². The first kappa shape index (κ1) is 20.9. The van der Waals surface area contributed by atoms with Crippen LogP contribution in [0.2, 0.25) is 0 Å². The van der Waals surface area contributed by atoms with Crippen molar-refractivity contribution in [2.75, 3.05) is 0 Å². The standard InChI is InChI=1S/C21H30O4/c1-4-5-6-7-8-9-10-11-18(21(23)24)15-20(22)25-19-13-12-16(2)14-17(19)3/h9-10,12-14,18H,4-8,11,15H2,1-3H3,(H,23,24). The topological polar surface area (TPSA) is 63.6 Å². The third-order valence-corrected chi connectivity index (χ3v) is 4.13. The molecule has 0 heterocycles. The highest BCUT2D eigenvalue weighted by Gasteiger charge is 2.21. The van der Waals surface area contributed by atoms with Crippen molar-refractivity contribution in [1.29, 1.82) is 0 Å². The van der Waals surface area contributed by atoms with Crippen molar-refractivity contribution in [3.63, 3.8) is 0 Å². The zero-order valence-corrected chi connectivity index (χ0v) is 15.6. The molecule has 1 unspecified atom stereocenters. The minimum absolute atomic E-state index is 0.122. The maximum Gasteiger partial charge on any atom is 0.312 e. The number of carboxylic acid groups (broad SMARTS) is 1. The van der Waals surface area contributed by atoms with Gasteiger partial charge in [0.2, 0.25) is 0 Å². The van der Waals surface area contributed by atoms with Gasteiger partial charge in [-0.2, -0.15) is 0 Å². The van der Waals surface area contributed by atoms with Crippen molar-refractivity contribution in [2.45, 2.75) is 65.7 Å². The predicted molar refractivity (Wildman–Crippen MR) is 99.8 cm³/mol. The summed E-state index contributed by atoms with van der Waals surface area (Å²) in [7, 11) is 0. The molecule has 1 rings (SSSR count). The van der Waals surface area contributed by atoms with Crippen LogP contribution in [0.5, 0.6) is 5.75 Å². The second-order valence-corrected chi connectivity index (χ2v) is 6.54. The van der Waals surface area contributed by atoms with E-state index < -0.39 is 17.9 Å². The summed E-state index contributed by atoms with van der Waals surface area (Å²) in [6, 6.07) is 5.54. The number of hydrogen-bond acceptors (Lipinski definition) is 3. The highest BCUT2D eigenvalue weighted by Crippen LogP contribution is 2.20. The Labute approximate surface area is 150 Å². The quantitative estimate of drug-likeness (QED) is 0.258. The summed E-state index contributed by atoms with van der Waals surface area (Å²) in [6.45, 7) is 6.00. The van der Waals surface area contributed by atoms with E-state index >= 15 is 0 Å². The molecule has 1 N–H and O–H groups in total. The number of aliphatic carboxylic acids is 1. The number of unbranched alkanes of at least 4 members (excludes halogenated alkanes) is 4. The number of benzene rings is 1. The predicted octanol–water partition coefficient (Wildman–Crippen LogP) is 5.22. The van der Waals surface area contributed by atoms with Crippen LogP contribution in [0.4, 0.5) is 0 Å². The van der Waals surface area contributed by atoms with Crippen LogP contribution >= 0.6 is 0 Å². The first-order valence-corrected chi connectivity index (χ1v) is 9.09. The number of carbonyl (C=O) groups is 2. The van der Waals surface area contributed by atoms with E-state index in [1.807, 2.05) is 38.1 Å². The first-order chi connectivity index (χ1) is 11.9. The maximum absolute atomic E-state index is 12.1. The molecule has 1 atom stereocenters. The van der Waals surface area contributed by atoms with Crippen molar-refractivity contribution >= 4 is 11.9 Å². The Hall–Kier alpha value is -2.10. The maximum atomic E-state index is 12.1. The highest BCUT2D eigenvalue weighted by molar-refractivity contribution is 5.80. The molecule has 0 aliphatic heterocycles. The fourth-order valence-corrected chi connectivity index (χ4v) is 2.62. The van der Waals surface area contributed by atoms with Crippen molar-refractivity contribution in [3.8, 4) is 5.75 Å². The van der Waals surface area contributed by atoms with Crippen LogP contribution < -0.4 is 4.74 Å². The second-order valence-electron chi connectivity index (χ2n) is 6.54. The first-order valence-electron chi connectivity index (χ1n) is 9.09. The van der Waals surface area contributed by atoms with E-state index in [2.05, 4.69) is 6.92 Å². The fraction of sp³-hybridized carbons (Fsp3) is 0.524. The molecule has 25 heavy (non-hydrogen) atoms. The Morgan fingerprint density at radius 3 is 2.56 bits per heavy atom. The minimum Gasteiger partial charge on any atom is -0.481 e. The van der Waals surface area contributed by atoms with Gasteiger partial charge in [-0.1, -0.05) is 56.0 Å². The summed E-state index contributed by atoms with van der Waals surface area (Å²) in [5, 5.41) is 9.31. The molecule has 0 saturated carbocycles. The molecule has 4 heteroatoms. The van der Waals surface area contributed by atoms with E-state index in [0.717, 1.165) is 24.0 Å². The minimum atomic E-state index is -0.965. The lowest BCUT2D eigenvalue weighted by Crippen LogP contribution is -2.20. The van der Waals surface area contributed by atoms with Gasteiger partial charge in [0.1, 0.15) is 5.75 Å². The Morgan fingerprint density at radius 2 is 1.92 bits per heavy atom. The molecule has 0 fully saturated rings. The van der Waals surface area contributed by atoms with Crippen molar-refractivity contribution < 1.29 is 19.4 Å². The fourth-order valence-electron chi connectivity index (χ4n) is 2.62. The molecule has 0 radical (unpaired) electrons. The van der Waals surface area contributed by atoms with Gasteiger partial charge < -0.3 is 9.84 Å². The monoisotopic (exact) mass is 346 g/mol. The molecule has 0 aliphatic carbocycles. The molecule has 0 spiro atoms. The van der Waals surface area contributed by atoms with Gasteiger partial charge in [-0.05, 0) is 44.7 Å².